The second-order valence-electron chi connectivity index (χ2n) is 4.00. The van der Waals surface area contributed by atoms with Gasteiger partial charge in [-0.25, -0.2) is 13.1 Å². The SMILES string of the molecule is NC(=O)C(O)CNS(=O)(=O)CCSc1ccc(N)cc1. The molecular formula is C11H17N3O4S2. The lowest BCUT2D eigenvalue weighted by Gasteiger charge is -2.09. The third-order valence-corrected chi connectivity index (χ3v) is 4.95. The number of rotatable bonds is 8. The Labute approximate surface area is 121 Å². The van der Waals surface area contributed by atoms with Gasteiger partial charge in [0.2, 0.25) is 15.9 Å². The van der Waals surface area contributed by atoms with Crippen molar-refractivity contribution < 1.29 is 18.3 Å². The minimum Gasteiger partial charge on any atom is -0.399 e. The number of nitrogen functional groups attached to an aromatic ring is 1. The Kier molecular flexibility index (Phi) is 6.27. The molecule has 1 aromatic carbocycles. The molecular weight excluding hydrogens is 302 g/mol. The first-order valence-electron chi connectivity index (χ1n) is 5.73. The van der Waals surface area contributed by atoms with Crippen molar-refractivity contribution in [3.63, 3.8) is 0 Å². The predicted octanol–water partition coefficient (Wildman–Crippen LogP) is -0.873. The van der Waals surface area contributed by atoms with E-state index < -0.39 is 28.6 Å². The molecule has 20 heavy (non-hydrogen) atoms. The summed E-state index contributed by atoms with van der Waals surface area (Å²) in [6.07, 6.45) is -1.52. The lowest BCUT2D eigenvalue weighted by atomic mass is 10.3. The molecule has 0 saturated heterocycles. The van der Waals surface area contributed by atoms with Crippen LogP contribution in [0.2, 0.25) is 0 Å². The van der Waals surface area contributed by atoms with E-state index in [1.165, 1.54) is 11.8 Å². The molecule has 1 atom stereocenters. The number of sulfonamides is 1. The van der Waals surface area contributed by atoms with E-state index in [1.54, 1.807) is 24.3 Å². The largest absolute Gasteiger partial charge is 0.399 e. The van der Waals surface area contributed by atoms with Crippen LogP contribution in [0.5, 0.6) is 0 Å². The zero-order valence-corrected chi connectivity index (χ0v) is 12.3. The minimum absolute atomic E-state index is 0.131. The van der Waals surface area contributed by atoms with Crippen molar-refractivity contribution in [1.82, 2.24) is 4.72 Å². The standard InChI is InChI=1S/C11H17N3O4S2/c12-8-1-3-9(4-2-8)19-5-6-20(17,18)14-7-10(15)11(13)16/h1-4,10,14-15H,5-7,12H2,(H2,13,16). The van der Waals surface area contributed by atoms with Gasteiger partial charge in [0.1, 0.15) is 6.10 Å². The zero-order valence-electron chi connectivity index (χ0n) is 10.7. The van der Waals surface area contributed by atoms with Crippen LogP contribution in [-0.2, 0) is 14.8 Å². The van der Waals surface area contributed by atoms with E-state index >= 15 is 0 Å². The molecule has 0 radical (unpaired) electrons. The zero-order chi connectivity index (χ0) is 15.2. The van der Waals surface area contributed by atoms with E-state index in [0.29, 0.717) is 11.4 Å². The molecule has 0 aliphatic carbocycles. The Morgan fingerprint density at radius 1 is 1.35 bits per heavy atom. The van der Waals surface area contributed by atoms with Crippen LogP contribution in [0, 0.1) is 0 Å². The minimum atomic E-state index is -3.55. The highest BCUT2D eigenvalue weighted by atomic mass is 32.2. The van der Waals surface area contributed by atoms with E-state index in [1.807, 2.05) is 0 Å². The molecule has 0 spiro atoms. The molecule has 0 bridgehead atoms. The summed E-state index contributed by atoms with van der Waals surface area (Å²) in [6.45, 7) is -0.412. The third-order valence-electron chi connectivity index (χ3n) is 2.33. The quantitative estimate of drug-likeness (QED) is 0.363. The number of nitrogens with two attached hydrogens (primary N) is 2. The Hall–Kier alpha value is -1.29. The van der Waals surface area contributed by atoms with Gasteiger partial charge in [-0.2, -0.15) is 0 Å². The smallest absolute Gasteiger partial charge is 0.247 e. The van der Waals surface area contributed by atoms with E-state index in [4.69, 9.17) is 16.6 Å². The summed E-state index contributed by atoms with van der Waals surface area (Å²) >= 11 is 1.37. The number of carbonyl (C=O) groups excluding carboxylic acids is 1. The molecule has 1 rings (SSSR count). The molecule has 0 aliphatic rings. The number of thioether (sulfide) groups is 1. The number of benzene rings is 1. The van der Waals surface area contributed by atoms with Crippen LogP contribution in [-0.4, -0.2) is 43.6 Å². The average molecular weight is 319 g/mol. The maximum Gasteiger partial charge on any atom is 0.247 e. The second-order valence-corrected chi connectivity index (χ2v) is 7.10. The fourth-order valence-electron chi connectivity index (χ4n) is 1.21. The molecule has 0 heterocycles. The van der Waals surface area contributed by atoms with Crippen molar-refractivity contribution in [2.45, 2.75) is 11.0 Å². The van der Waals surface area contributed by atoms with Gasteiger partial charge in [-0.1, -0.05) is 0 Å². The first-order valence-corrected chi connectivity index (χ1v) is 8.37. The van der Waals surface area contributed by atoms with Crippen molar-refractivity contribution in [3.8, 4) is 0 Å². The Bertz CT molecular complexity index is 545. The monoisotopic (exact) mass is 319 g/mol. The number of amides is 1. The van der Waals surface area contributed by atoms with E-state index in [-0.39, 0.29) is 5.75 Å². The second kappa shape index (κ2) is 7.48. The Balaban J connectivity index is 2.36. The van der Waals surface area contributed by atoms with Crippen LogP contribution in [0.3, 0.4) is 0 Å². The highest BCUT2D eigenvalue weighted by Gasteiger charge is 2.16. The predicted molar refractivity (Wildman–Crippen MR) is 78.6 cm³/mol. The number of nitrogens with one attached hydrogen (secondary N) is 1. The lowest BCUT2D eigenvalue weighted by molar-refractivity contribution is -0.125. The van der Waals surface area contributed by atoms with Crippen LogP contribution in [0.4, 0.5) is 5.69 Å². The van der Waals surface area contributed by atoms with Crippen LogP contribution < -0.4 is 16.2 Å². The Morgan fingerprint density at radius 2 is 1.95 bits per heavy atom. The van der Waals surface area contributed by atoms with Gasteiger partial charge in [-0.15, -0.1) is 11.8 Å². The summed E-state index contributed by atoms with van der Waals surface area (Å²) in [5.74, 6) is -0.761. The maximum atomic E-state index is 11.6. The topological polar surface area (TPSA) is 136 Å². The van der Waals surface area contributed by atoms with Crippen molar-refractivity contribution in [2.75, 3.05) is 23.8 Å². The number of aliphatic hydroxyl groups is 1. The van der Waals surface area contributed by atoms with Gasteiger partial charge in [0.15, 0.2) is 0 Å². The van der Waals surface area contributed by atoms with Gasteiger partial charge in [0.05, 0.1) is 5.75 Å². The molecule has 1 amide bonds. The van der Waals surface area contributed by atoms with Gasteiger partial charge < -0.3 is 16.6 Å². The number of carbonyl (C=O) groups is 1. The van der Waals surface area contributed by atoms with Crippen LogP contribution >= 0.6 is 11.8 Å². The van der Waals surface area contributed by atoms with Crippen LogP contribution in [0.25, 0.3) is 0 Å². The summed E-state index contributed by atoms with van der Waals surface area (Å²) in [5.41, 5.74) is 11.0. The van der Waals surface area contributed by atoms with Gasteiger partial charge in [-0.3, -0.25) is 4.79 Å². The number of hydrogen-bond donors (Lipinski definition) is 4. The van der Waals surface area contributed by atoms with Crippen molar-refractivity contribution in [2.24, 2.45) is 5.73 Å². The fourth-order valence-corrected chi connectivity index (χ4v) is 3.54. The van der Waals surface area contributed by atoms with Crippen molar-refractivity contribution in [3.05, 3.63) is 24.3 Å². The van der Waals surface area contributed by atoms with E-state index in [0.717, 1.165) is 4.90 Å². The molecule has 7 nitrogen and oxygen atoms in total. The fraction of sp³-hybridized carbons (Fsp3) is 0.364. The number of hydrogen-bond acceptors (Lipinski definition) is 6. The van der Waals surface area contributed by atoms with Gasteiger partial charge in [0.25, 0.3) is 0 Å². The summed E-state index contributed by atoms with van der Waals surface area (Å²) < 4.78 is 25.3. The molecule has 1 unspecified atom stereocenters. The van der Waals surface area contributed by atoms with Crippen molar-refractivity contribution >= 4 is 33.4 Å². The highest BCUT2D eigenvalue weighted by Crippen LogP contribution is 2.19. The molecule has 0 aliphatic heterocycles. The normalized spacial score (nSPS) is 13.1. The Morgan fingerprint density at radius 3 is 2.50 bits per heavy atom. The lowest BCUT2D eigenvalue weighted by Crippen LogP contribution is -2.40. The third kappa shape index (κ3) is 6.24. The highest BCUT2D eigenvalue weighted by molar-refractivity contribution is 8.00. The van der Waals surface area contributed by atoms with Crippen LogP contribution in [0.15, 0.2) is 29.2 Å². The summed E-state index contributed by atoms with van der Waals surface area (Å²) in [4.78, 5) is 11.5. The molecule has 0 aromatic heterocycles. The summed E-state index contributed by atoms with van der Waals surface area (Å²) in [6, 6.07) is 7.07. The number of anilines is 1. The van der Waals surface area contributed by atoms with E-state index in [9.17, 15) is 13.2 Å². The van der Waals surface area contributed by atoms with E-state index in [2.05, 4.69) is 4.72 Å². The number of aliphatic hydroxyl groups excluding tert-OH is 1. The maximum absolute atomic E-state index is 11.6. The first-order chi connectivity index (χ1) is 9.30. The van der Waals surface area contributed by atoms with Crippen LogP contribution in [0.1, 0.15) is 0 Å². The van der Waals surface area contributed by atoms with Gasteiger partial charge in [0, 0.05) is 22.9 Å². The molecule has 0 saturated carbocycles. The molecule has 1 aromatic rings. The molecule has 112 valence electrons. The average Bonchev–Trinajstić information content (AvgIpc) is 2.38. The van der Waals surface area contributed by atoms with Gasteiger partial charge in [-0.05, 0) is 24.3 Å². The summed E-state index contributed by atoms with van der Waals surface area (Å²) in [5, 5.41) is 9.10. The summed E-state index contributed by atoms with van der Waals surface area (Å²) in [7, 11) is -3.55. The molecule has 6 N–H and O–H groups in total. The molecule has 0 fully saturated rings. The van der Waals surface area contributed by atoms with Crippen molar-refractivity contribution in [1.29, 1.82) is 0 Å². The van der Waals surface area contributed by atoms with Gasteiger partial charge >= 0.3 is 0 Å². The number of primary amides is 1. The first kappa shape index (κ1) is 16.8. The molecule has 9 heteroatoms.